The van der Waals surface area contributed by atoms with E-state index in [0.29, 0.717) is 5.54 Å². The zero-order valence-electron chi connectivity index (χ0n) is 6.15. The van der Waals surface area contributed by atoms with E-state index < -0.39 is 0 Å². The van der Waals surface area contributed by atoms with E-state index in [0.717, 1.165) is 6.04 Å². The summed E-state index contributed by atoms with van der Waals surface area (Å²) < 4.78 is 0. The highest BCUT2D eigenvalue weighted by atomic mass is 15.3. The van der Waals surface area contributed by atoms with Crippen LogP contribution in [0, 0.1) is 0 Å². The third-order valence-electron chi connectivity index (χ3n) is 2.40. The quantitative estimate of drug-likeness (QED) is 0.493. The molecule has 1 N–H and O–H groups in total. The van der Waals surface area contributed by atoms with Crippen LogP contribution in [-0.4, -0.2) is 36.6 Å². The first kappa shape index (κ1) is 5.69. The Balaban J connectivity index is 2.05. The first-order valence-electron chi connectivity index (χ1n) is 3.64. The molecule has 3 rings (SSSR count). The van der Waals surface area contributed by atoms with E-state index in [-0.39, 0.29) is 0 Å². The average Bonchev–Trinajstić information content (AvgIpc) is 1.58. The first-order chi connectivity index (χ1) is 4.18. The molecule has 3 aliphatic rings. The maximum Gasteiger partial charge on any atom is 0.0298 e. The predicted molar refractivity (Wildman–Crippen MR) is 37.4 cm³/mol. The SMILES string of the molecule is CN1CC2CC(C)(C1)N2. The van der Waals surface area contributed by atoms with Crippen LogP contribution in [-0.2, 0) is 0 Å². The zero-order chi connectivity index (χ0) is 6.48. The molecule has 3 aliphatic heterocycles. The topological polar surface area (TPSA) is 15.3 Å². The minimum atomic E-state index is 0.470. The number of hydrogen-bond donors (Lipinski definition) is 1. The highest BCUT2D eigenvalue weighted by Crippen LogP contribution is 2.29. The van der Waals surface area contributed by atoms with Crippen LogP contribution in [0.3, 0.4) is 0 Å². The first-order valence-corrected chi connectivity index (χ1v) is 3.64. The molecular formula is C7H14N2. The van der Waals surface area contributed by atoms with Crippen LogP contribution in [0.4, 0.5) is 0 Å². The summed E-state index contributed by atoms with van der Waals surface area (Å²) in [4.78, 5) is 2.41. The van der Waals surface area contributed by atoms with Crippen LogP contribution in [0.5, 0.6) is 0 Å². The molecule has 3 heterocycles. The van der Waals surface area contributed by atoms with E-state index in [4.69, 9.17) is 0 Å². The van der Waals surface area contributed by atoms with E-state index >= 15 is 0 Å². The molecular weight excluding hydrogens is 112 g/mol. The van der Waals surface area contributed by atoms with Gasteiger partial charge in [-0.2, -0.15) is 0 Å². The molecule has 0 aromatic rings. The van der Waals surface area contributed by atoms with Crippen molar-refractivity contribution in [3.05, 3.63) is 0 Å². The number of nitrogens with zero attached hydrogens (tertiary/aromatic N) is 1. The van der Waals surface area contributed by atoms with E-state index in [2.05, 4.69) is 24.2 Å². The highest BCUT2D eigenvalue weighted by Gasteiger charge is 2.44. The van der Waals surface area contributed by atoms with Gasteiger partial charge in [0.1, 0.15) is 0 Å². The fourth-order valence-corrected chi connectivity index (χ4v) is 2.27. The number of hydrogen-bond acceptors (Lipinski definition) is 2. The molecule has 52 valence electrons. The van der Waals surface area contributed by atoms with Gasteiger partial charge in [-0.3, -0.25) is 0 Å². The van der Waals surface area contributed by atoms with Crippen LogP contribution in [0.15, 0.2) is 0 Å². The van der Waals surface area contributed by atoms with Crippen molar-refractivity contribution in [1.29, 1.82) is 0 Å². The van der Waals surface area contributed by atoms with Gasteiger partial charge in [-0.25, -0.2) is 0 Å². The van der Waals surface area contributed by atoms with Crippen LogP contribution in [0.2, 0.25) is 0 Å². The molecule has 2 nitrogen and oxygen atoms in total. The maximum atomic E-state index is 3.54. The maximum absolute atomic E-state index is 3.54. The molecule has 9 heavy (non-hydrogen) atoms. The number of piperidine rings is 1. The van der Waals surface area contributed by atoms with E-state index in [1.54, 1.807) is 0 Å². The van der Waals surface area contributed by atoms with Crippen molar-refractivity contribution in [2.75, 3.05) is 20.1 Å². The molecule has 2 bridgehead atoms. The number of nitrogens with one attached hydrogen (secondary N) is 1. The molecule has 0 amide bonds. The molecule has 0 aliphatic carbocycles. The van der Waals surface area contributed by atoms with Crippen LogP contribution >= 0.6 is 0 Å². The van der Waals surface area contributed by atoms with Gasteiger partial charge in [0.05, 0.1) is 0 Å². The summed E-state index contributed by atoms with van der Waals surface area (Å²) in [5, 5.41) is 3.54. The monoisotopic (exact) mass is 126 g/mol. The van der Waals surface area contributed by atoms with Gasteiger partial charge in [0.25, 0.3) is 0 Å². The fourth-order valence-electron chi connectivity index (χ4n) is 2.27. The van der Waals surface area contributed by atoms with Gasteiger partial charge in [0.2, 0.25) is 0 Å². The second-order valence-electron chi connectivity index (χ2n) is 3.80. The third kappa shape index (κ3) is 0.775. The molecule has 0 saturated carbocycles. The third-order valence-corrected chi connectivity index (χ3v) is 2.40. The van der Waals surface area contributed by atoms with E-state index in [9.17, 15) is 0 Å². The van der Waals surface area contributed by atoms with Crippen molar-refractivity contribution >= 4 is 0 Å². The number of rotatable bonds is 0. The van der Waals surface area contributed by atoms with Crippen LogP contribution in [0.25, 0.3) is 0 Å². The van der Waals surface area contributed by atoms with Crippen LogP contribution < -0.4 is 5.32 Å². The number of likely N-dealkylation sites (N-methyl/N-ethyl adjacent to an activating group) is 1. The zero-order valence-corrected chi connectivity index (χ0v) is 6.15. The lowest BCUT2D eigenvalue weighted by Crippen LogP contribution is -2.73. The Morgan fingerprint density at radius 3 is 2.67 bits per heavy atom. The van der Waals surface area contributed by atoms with Gasteiger partial charge < -0.3 is 10.2 Å². The van der Waals surface area contributed by atoms with Crippen LogP contribution in [0.1, 0.15) is 13.3 Å². The molecule has 0 radical (unpaired) electrons. The summed E-state index contributed by atoms with van der Waals surface area (Å²) in [6, 6.07) is 0.800. The average molecular weight is 126 g/mol. The van der Waals surface area contributed by atoms with Gasteiger partial charge in [-0.05, 0) is 20.4 Å². The molecule has 0 spiro atoms. The predicted octanol–water partition coefficient (Wildman–Crippen LogP) is 0.0524. The summed E-state index contributed by atoms with van der Waals surface area (Å²) >= 11 is 0. The normalized spacial score (nSPS) is 50.7. The summed E-state index contributed by atoms with van der Waals surface area (Å²) in [5.41, 5.74) is 0.470. The molecule has 2 unspecified atom stereocenters. The summed E-state index contributed by atoms with van der Waals surface area (Å²) in [6.45, 7) is 4.78. The van der Waals surface area contributed by atoms with E-state index in [1.807, 2.05) is 0 Å². The van der Waals surface area contributed by atoms with Crippen molar-refractivity contribution in [2.45, 2.75) is 24.9 Å². The van der Waals surface area contributed by atoms with Crippen molar-refractivity contribution in [2.24, 2.45) is 0 Å². The second-order valence-corrected chi connectivity index (χ2v) is 3.80. The molecule has 2 heteroatoms. The minimum absolute atomic E-state index is 0.470. The highest BCUT2D eigenvalue weighted by molar-refractivity contribution is 5.06. The summed E-state index contributed by atoms with van der Waals surface area (Å²) in [5.74, 6) is 0. The second kappa shape index (κ2) is 1.50. The van der Waals surface area contributed by atoms with Gasteiger partial charge in [-0.1, -0.05) is 0 Å². The Hall–Kier alpha value is -0.0800. The number of piperazine rings is 1. The van der Waals surface area contributed by atoms with Crippen molar-refractivity contribution in [3.63, 3.8) is 0 Å². The number of fused-ring (bicyclic) bond motifs is 2. The molecule has 3 saturated heterocycles. The lowest BCUT2D eigenvalue weighted by molar-refractivity contribution is 0.0280. The lowest BCUT2D eigenvalue weighted by Gasteiger charge is -2.55. The Labute approximate surface area is 56.2 Å². The largest absolute Gasteiger partial charge is 0.306 e. The van der Waals surface area contributed by atoms with Gasteiger partial charge in [0, 0.05) is 24.7 Å². The van der Waals surface area contributed by atoms with Crippen molar-refractivity contribution in [3.8, 4) is 0 Å². The van der Waals surface area contributed by atoms with Crippen molar-refractivity contribution < 1.29 is 0 Å². The Bertz CT molecular complexity index is 124. The van der Waals surface area contributed by atoms with Crippen molar-refractivity contribution in [1.82, 2.24) is 10.2 Å². The smallest absolute Gasteiger partial charge is 0.0298 e. The Morgan fingerprint density at radius 2 is 2.33 bits per heavy atom. The standard InChI is InChI=1S/C7H14N2/c1-7-3-6(8-7)4-9(2)5-7/h6,8H,3-5H2,1-2H3. The molecule has 2 atom stereocenters. The minimum Gasteiger partial charge on any atom is -0.306 e. The van der Waals surface area contributed by atoms with E-state index in [1.165, 1.54) is 19.5 Å². The van der Waals surface area contributed by atoms with Gasteiger partial charge >= 0.3 is 0 Å². The molecule has 0 aromatic carbocycles. The summed E-state index contributed by atoms with van der Waals surface area (Å²) in [7, 11) is 2.20. The fraction of sp³-hybridized carbons (Fsp3) is 1.00. The summed E-state index contributed by atoms with van der Waals surface area (Å²) in [6.07, 6.45) is 1.39. The Kier molecular flexibility index (Phi) is 0.945. The molecule has 0 aromatic heterocycles. The van der Waals surface area contributed by atoms with Gasteiger partial charge in [-0.15, -0.1) is 0 Å². The lowest BCUT2D eigenvalue weighted by atomic mass is 9.79. The van der Waals surface area contributed by atoms with Gasteiger partial charge in [0.15, 0.2) is 0 Å². The molecule has 3 fully saturated rings. The Morgan fingerprint density at radius 1 is 1.67 bits per heavy atom.